The van der Waals surface area contributed by atoms with E-state index in [-0.39, 0.29) is 17.9 Å². The van der Waals surface area contributed by atoms with Crippen LogP contribution in [-0.2, 0) is 9.59 Å². The third kappa shape index (κ3) is 5.59. The van der Waals surface area contributed by atoms with Crippen molar-refractivity contribution in [3.8, 4) is 0 Å². The van der Waals surface area contributed by atoms with Gasteiger partial charge in [-0.2, -0.15) is 11.8 Å². The van der Waals surface area contributed by atoms with E-state index in [9.17, 15) is 9.59 Å². The van der Waals surface area contributed by atoms with Crippen LogP contribution < -0.4 is 5.32 Å². The number of carbonyl (C=O) groups excluding carboxylic acids is 2. The molecule has 138 valence electrons. The van der Waals surface area contributed by atoms with E-state index in [0.29, 0.717) is 38.5 Å². The number of hydrogen-bond donors (Lipinski definition) is 1. The molecule has 0 saturated carbocycles. The van der Waals surface area contributed by atoms with Gasteiger partial charge in [0.15, 0.2) is 0 Å². The number of thioether (sulfide) groups is 1. The van der Waals surface area contributed by atoms with Crippen LogP contribution in [0.4, 0.5) is 5.95 Å². The molecule has 2 heterocycles. The number of anilines is 1. The Bertz CT molecular complexity index is 597. The molecular formula is C17H27N5O2S. The quantitative estimate of drug-likeness (QED) is 0.819. The maximum atomic E-state index is 13.0. The Kier molecular flexibility index (Phi) is 7.04. The molecule has 1 atom stereocenters. The van der Waals surface area contributed by atoms with Gasteiger partial charge in [0.05, 0.1) is 0 Å². The number of nitrogens with one attached hydrogen (secondary N) is 1. The predicted octanol–water partition coefficient (Wildman–Crippen LogP) is 1.32. The normalized spacial score (nSPS) is 15.8. The lowest BCUT2D eigenvalue weighted by Crippen LogP contribution is -2.53. The van der Waals surface area contributed by atoms with Gasteiger partial charge in [-0.05, 0) is 38.3 Å². The average Bonchev–Trinajstić information content (AvgIpc) is 2.57. The van der Waals surface area contributed by atoms with Crippen molar-refractivity contribution < 1.29 is 9.59 Å². The highest BCUT2D eigenvalue weighted by molar-refractivity contribution is 7.98. The molecule has 7 nitrogen and oxygen atoms in total. The van der Waals surface area contributed by atoms with Gasteiger partial charge in [-0.15, -0.1) is 0 Å². The molecule has 2 rings (SSSR count). The van der Waals surface area contributed by atoms with E-state index in [1.807, 2.05) is 31.1 Å². The summed E-state index contributed by atoms with van der Waals surface area (Å²) < 4.78 is 0. The van der Waals surface area contributed by atoms with Crippen LogP contribution in [0.1, 0.15) is 24.7 Å². The van der Waals surface area contributed by atoms with Crippen LogP contribution >= 0.6 is 11.8 Å². The van der Waals surface area contributed by atoms with Crippen LogP contribution in [-0.4, -0.2) is 75.8 Å². The van der Waals surface area contributed by atoms with Crippen LogP contribution in [0.25, 0.3) is 0 Å². The highest BCUT2D eigenvalue weighted by Crippen LogP contribution is 2.13. The van der Waals surface area contributed by atoms with Gasteiger partial charge in [0.2, 0.25) is 17.8 Å². The van der Waals surface area contributed by atoms with Crippen molar-refractivity contribution in [2.75, 3.05) is 43.5 Å². The fraction of sp³-hybridized carbons (Fsp3) is 0.647. The summed E-state index contributed by atoms with van der Waals surface area (Å²) >= 11 is 1.71. The molecule has 1 saturated heterocycles. The van der Waals surface area contributed by atoms with Crippen LogP contribution in [0.5, 0.6) is 0 Å². The molecule has 0 radical (unpaired) electrons. The van der Waals surface area contributed by atoms with E-state index in [2.05, 4.69) is 15.3 Å². The SMILES string of the molecule is CSCC[C@H](Nc1nc(C)cc(C)n1)C(=O)N1CCN(C(C)=O)CC1. The minimum atomic E-state index is -0.350. The van der Waals surface area contributed by atoms with E-state index >= 15 is 0 Å². The minimum Gasteiger partial charge on any atom is -0.342 e. The molecule has 0 spiro atoms. The van der Waals surface area contributed by atoms with Gasteiger partial charge in [0, 0.05) is 44.5 Å². The summed E-state index contributed by atoms with van der Waals surface area (Å²) in [5.41, 5.74) is 1.75. The van der Waals surface area contributed by atoms with Gasteiger partial charge < -0.3 is 15.1 Å². The fourth-order valence-corrected chi connectivity index (χ4v) is 3.37. The molecule has 0 bridgehead atoms. The number of aryl methyl sites for hydroxylation is 2. The Morgan fingerprint density at radius 2 is 1.72 bits per heavy atom. The number of hydrogen-bond acceptors (Lipinski definition) is 6. The Balaban J connectivity index is 2.05. The maximum absolute atomic E-state index is 13.0. The van der Waals surface area contributed by atoms with Crippen LogP contribution in [0.2, 0.25) is 0 Å². The molecule has 1 aromatic heterocycles. The van der Waals surface area contributed by atoms with E-state index in [1.165, 1.54) is 0 Å². The number of rotatable bonds is 6. The van der Waals surface area contributed by atoms with Crippen LogP contribution in [0.3, 0.4) is 0 Å². The number of piperazine rings is 1. The minimum absolute atomic E-state index is 0.0556. The van der Waals surface area contributed by atoms with Crippen molar-refractivity contribution in [3.05, 3.63) is 17.5 Å². The fourth-order valence-electron chi connectivity index (χ4n) is 2.90. The predicted molar refractivity (Wildman–Crippen MR) is 101 cm³/mol. The number of aromatic nitrogens is 2. The van der Waals surface area contributed by atoms with E-state index < -0.39 is 0 Å². The molecule has 1 N–H and O–H groups in total. The lowest BCUT2D eigenvalue weighted by atomic mass is 10.1. The summed E-state index contributed by atoms with van der Waals surface area (Å²) in [5.74, 6) is 1.49. The molecule has 1 aliphatic heterocycles. The lowest BCUT2D eigenvalue weighted by Gasteiger charge is -2.36. The Hall–Kier alpha value is -1.83. The Labute approximate surface area is 153 Å². The van der Waals surface area contributed by atoms with Gasteiger partial charge in [0.25, 0.3) is 0 Å². The third-order valence-corrected chi connectivity index (χ3v) is 4.87. The van der Waals surface area contributed by atoms with Crippen LogP contribution in [0, 0.1) is 13.8 Å². The first-order valence-electron chi connectivity index (χ1n) is 8.52. The Morgan fingerprint density at radius 3 is 2.24 bits per heavy atom. The van der Waals surface area contributed by atoms with Crippen LogP contribution in [0.15, 0.2) is 6.07 Å². The average molecular weight is 366 g/mol. The summed E-state index contributed by atoms with van der Waals surface area (Å²) in [6.07, 6.45) is 2.74. The van der Waals surface area contributed by atoms with E-state index in [0.717, 1.165) is 17.1 Å². The molecule has 0 unspecified atom stereocenters. The van der Waals surface area contributed by atoms with Crippen molar-refractivity contribution in [1.82, 2.24) is 19.8 Å². The zero-order valence-corrected chi connectivity index (χ0v) is 16.2. The second-order valence-electron chi connectivity index (χ2n) is 6.28. The smallest absolute Gasteiger partial charge is 0.245 e. The number of carbonyl (C=O) groups is 2. The summed E-state index contributed by atoms with van der Waals surface area (Å²) in [7, 11) is 0. The lowest BCUT2D eigenvalue weighted by molar-refractivity contribution is -0.138. The van der Waals surface area contributed by atoms with E-state index in [1.54, 1.807) is 23.6 Å². The molecule has 0 aliphatic carbocycles. The number of amides is 2. The second-order valence-corrected chi connectivity index (χ2v) is 7.27. The molecular weight excluding hydrogens is 338 g/mol. The molecule has 1 aromatic rings. The second kappa shape index (κ2) is 9.03. The van der Waals surface area contributed by atoms with E-state index in [4.69, 9.17) is 0 Å². The highest BCUT2D eigenvalue weighted by atomic mass is 32.2. The first-order valence-corrected chi connectivity index (χ1v) is 9.92. The Morgan fingerprint density at radius 1 is 1.16 bits per heavy atom. The molecule has 0 aromatic carbocycles. The van der Waals surface area contributed by atoms with Gasteiger partial charge in [-0.1, -0.05) is 0 Å². The molecule has 8 heteroatoms. The summed E-state index contributed by atoms with van der Waals surface area (Å²) in [4.78, 5) is 36.8. The van der Waals surface area contributed by atoms with Crippen molar-refractivity contribution in [2.24, 2.45) is 0 Å². The molecule has 2 amide bonds. The maximum Gasteiger partial charge on any atom is 0.245 e. The van der Waals surface area contributed by atoms with Crippen molar-refractivity contribution in [1.29, 1.82) is 0 Å². The zero-order valence-electron chi connectivity index (χ0n) is 15.4. The largest absolute Gasteiger partial charge is 0.342 e. The first-order chi connectivity index (χ1) is 11.9. The standard InChI is InChI=1S/C17H27N5O2S/c1-12-11-13(2)19-17(18-12)20-15(5-10-25-4)16(24)22-8-6-21(7-9-22)14(3)23/h11,15H,5-10H2,1-4H3,(H,18,19,20)/t15-/m0/s1. The monoisotopic (exact) mass is 365 g/mol. The van der Waals surface area contributed by atoms with Gasteiger partial charge >= 0.3 is 0 Å². The first kappa shape index (κ1) is 19.5. The van der Waals surface area contributed by atoms with Crippen molar-refractivity contribution >= 4 is 29.5 Å². The van der Waals surface area contributed by atoms with Crippen molar-refractivity contribution in [2.45, 2.75) is 33.2 Å². The molecule has 1 fully saturated rings. The third-order valence-electron chi connectivity index (χ3n) is 4.23. The summed E-state index contributed by atoms with van der Waals surface area (Å²) in [6.45, 7) is 7.73. The summed E-state index contributed by atoms with van der Waals surface area (Å²) in [6, 6.07) is 1.56. The highest BCUT2D eigenvalue weighted by Gasteiger charge is 2.28. The molecule has 1 aliphatic rings. The number of nitrogens with zero attached hydrogens (tertiary/aromatic N) is 4. The van der Waals surface area contributed by atoms with Gasteiger partial charge in [-0.25, -0.2) is 9.97 Å². The van der Waals surface area contributed by atoms with Gasteiger partial charge in [0.1, 0.15) is 6.04 Å². The molecule has 25 heavy (non-hydrogen) atoms. The van der Waals surface area contributed by atoms with Gasteiger partial charge in [-0.3, -0.25) is 9.59 Å². The zero-order chi connectivity index (χ0) is 18.4. The summed E-state index contributed by atoms with van der Waals surface area (Å²) in [5, 5.41) is 3.22. The van der Waals surface area contributed by atoms with Crippen molar-refractivity contribution in [3.63, 3.8) is 0 Å². The topological polar surface area (TPSA) is 78.4 Å².